The van der Waals surface area contributed by atoms with Gasteiger partial charge >= 0.3 is 0 Å². The average Bonchev–Trinajstić information content (AvgIpc) is 3.20. The Morgan fingerprint density at radius 2 is 2.16 bits per heavy atom. The van der Waals surface area contributed by atoms with Gasteiger partial charge in [-0.15, -0.1) is 0 Å². The molecule has 1 unspecified atom stereocenters. The molecule has 1 aliphatic carbocycles. The second-order valence-corrected chi connectivity index (χ2v) is 6.40. The molecule has 1 heterocycles. The monoisotopic (exact) mass is 345 g/mol. The number of halogens is 1. The summed E-state index contributed by atoms with van der Waals surface area (Å²) in [6, 6.07) is 10.3. The first-order valence-corrected chi connectivity index (χ1v) is 8.63. The summed E-state index contributed by atoms with van der Waals surface area (Å²) in [5.41, 5.74) is 0.937. The van der Waals surface area contributed by atoms with Crippen LogP contribution in [0.1, 0.15) is 37.2 Å². The van der Waals surface area contributed by atoms with Crippen molar-refractivity contribution in [3.8, 4) is 0 Å². The lowest BCUT2D eigenvalue weighted by atomic mass is 9.96. The van der Waals surface area contributed by atoms with Gasteiger partial charge in [-0.05, 0) is 49.6 Å². The second-order valence-electron chi connectivity index (χ2n) is 6.40. The summed E-state index contributed by atoms with van der Waals surface area (Å²) >= 11 is 0. The van der Waals surface area contributed by atoms with Crippen molar-refractivity contribution in [1.29, 1.82) is 0 Å². The van der Waals surface area contributed by atoms with Gasteiger partial charge in [0.15, 0.2) is 5.96 Å². The van der Waals surface area contributed by atoms with Crippen LogP contribution in [0.5, 0.6) is 0 Å². The fourth-order valence-electron chi connectivity index (χ4n) is 2.85. The lowest BCUT2D eigenvalue weighted by Gasteiger charge is -2.17. The Morgan fingerprint density at radius 3 is 2.80 bits per heavy atom. The molecule has 0 bridgehead atoms. The summed E-state index contributed by atoms with van der Waals surface area (Å²) < 4.78 is 18.7. The van der Waals surface area contributed by atoms with E-state index in [9.17, 15) is 9.50 Å². The van der Waals surface area contributed by atoms with Crippen molar-refractivity contribution in [2.75, 3.05) is 19.6 Å². The Balaban J connectivity index is 1.62. The Hall–Kier alpha value is -2.34. The van der Waals surface area contributed by atoms with E-state index < -0.39 is 6.10 Å². The first-order valence-electron chi connectivity index (χ1n) is 8.63. The largest absolute Gasteiger partial charge is 0.467 e. The molecule has 1 aromatic carbocycles. The normalized spacial score (nSPS) is 17.2. The smallest absolute Gasteiger partial charge is 0.191 e. The summed E-state index contributed by atoms with van der Waals surface area (Å²) in [7, 11) is 0. The third-order valence-corrected chi connectivity index (χ3v) is 4.51. The second kappa shape index (κ2) is 7.70. The summed E-state index contributed by atoms with van der Waals surface area (Å²) in [5.74, 6) is 0.942. The van der Waals surface area contributed by atoms with E-state index >= 15 is 0 Å². The maximum Gasteiger partial charge on any atom is 0.191 e. The minimum atomic E-state index is -0.739. The van der Waals surface area contributed by atoms with Crippen LogP contribution in [0.4, 0.5) is 4.39 Å². The van der Waals surface area contributed by atoms with E-state index in [-0.39, 0.29) is 11.2 Å². The van der Waals surface area contributed by atoms with Gasteiger partial charge in [0.2, 0.25) is 0 Å². The number of nitrogens with one attached hydrogen (secondary N) is 2. The maximum atomic E-state index is 13.5. The first-order chi connectivity index (χ1) is 12.1. The minimum Gasteiger partial charge on any atom is -0.467 e. The predicted molar refractivity (Wildman–Crippen MR) is 95.0 cm³/mol. The van der Waals surface area contributed by atoms with Crippen molar-refractivity contribution < 1.29 is 13.9 Å². The van der Waals surface area contributed by atoms with Crippen LogP contribution in [0.15, 0.2) is 52.1 Å². The molecular formula is C19H24FN3O2. The molecule has 1 aromatic heterocycles. The SMILES string of the molecule is CCNC(=NCC1(c2cccc(F)c2)CC1)NCC(O)c1ccco1. The number of guanidine groups is 1. The highest BCUT2D eigenvalue weighted by Crippen LogP contribution is 2.48. The van der Waals surface area contributed by atoms with Crippen LogP contribution in [-0.2, 0) is 5.41 Å². The van der Waals surface area contributed by atoms with Crippen LogP contribution in [0.2, 0.25) is 0 Å². The van der Waals surface area contributed by atoms with Gasteiger partial charge in [-0.25, -0.2) is 4.39 Å². The van der Waals surface area contributed by atoms with Gasteiger partial charge in [-0.1, -0.05) is 12.1 Å². The molecule has 0 aliphatic heterocycles. The fourth-order valence-corrected chi connectivity index (χ4v) is 2.85. The van der Waals surface area contributed by atoms with Gasteiger partial charge in [0, 0.05) is 12.0 Å². The van der Waals surface area contributed by atoms with Gasteiger partial charge in [0.1, 0.15) is 17.7 Å². The fraction of sp³-hybridized carbons (Fsp3) is 0.421. The Morgan fingerprint density at radius 1 is 1.32 bits per heavy atom. The van der Waals surface area contributed by atoms with Gasteiger partial charge in [0.25, 0.3) is 0 Å². The summed E-state index contributed by atoms with van der Waals surface area (Å²) in [6.07, 6.45) is 2.81. The molecule has 1 saturated carbocycles. The minimum absolute atomic E-state index is 0.0654. The van der Waals surface area contributed by atoms with Crippen LogP contribution in [0.25, 0.3) is 0 Å². The number of rotatable bonds is 7. The topological polar surface area (TPSA) is 69.8 Å². The van der Waals surface area contributed by atoms with Crippen LogP contribution in [0.3, 0.4) is 0 Å². The third kappa shape index (κ3) is 4.39. The molecule has 25 heavy (non-hydrogen) atoms. The highest BCUT2D eigenvalue weighted by atomic mass is 19.1. The number of furan rings is 1. The van der Waals surface area contributed by atoms with Crippen molar-refractivity contribution in [2.24, 2.45) is 4.99 Å². The summed E-state index contributed by atoms with van der Waals surface area (Å²) in [4.78, 5) is 4.64. The highest BCUT2D eigenvalue weighted by molar-refractivity contribution is 5.79. The van der Waals surface area contributed by atoms with E-state index in [4.69, 9.17) is 4.42 Å². The van der Waals surface area contributed by atoms with E-state index in [2.05, 4.69) is 15.6 Å². The molecule has 1 fully saturated rings. The number of hydrogen-bond donors (Lipinski definition) is 3. The zero-order valence-electron chi connectivity index (χ0n) is 14.3. The van der Waals surface area contributed by atoms with Gasteiger partial charge in [-0.3, -0.25) is 4.99 Å². The van der Waals surface area contributed by atoms with Crippen molar-refractivity contribution in [3.05, 3.63) is 59.8 Å². The van der Waals surface area contributed by atoms with Crippen molar-refractivity contribution in [1.82, 2.24) is 10.6 Å². The van der Waals surface area contributed by atoms with E-state index in [1.165, 1.54) is 12.3 Å². The third-order valence-electron chi connectivity index (χ3n) is 4.51. The summed E-state index contributed by atoms with van der Waals surface area (Å²) in [6.45, 7) is 3.59. The number of benzene rings is 1. The zero-order chi connectivity index (χ0) is 17.7. The molecule has 2 aromatic rings. The van der Waals surface area contributed by atoms with E-state index in [0.717, 1.165) is 24.9 Å². The van der Waals surface area contributed by atoms with E-state index in [0.29, 0.717) is 24.8 Å². The quantitative estimate of drug-likeness (QED) is 0.533. The number of aliphatic hydroxyl groups is 1. The lowest BCUT2D eigenvalue weighted by Crippen LogP contribution is -2.40. The van der Waals surface area contributed by atoms with Crippen LogP contribution in [0, 0.1) is 5.82 Å². The summed E-state index contributed by atoms with van der Waals surface area (Å²) in [5, 5.41) is 16.4. The molecule has 0 radical (unpaired) electrons. The van der Waals surface area contributed by atoms with E-state index in [1.54, 1.807) is 24.3 Å². The molecule has 0 amide bonds. The Kier molecular flexibility index (Phi) is 5.38. The van der Waals surface area contributed by atoms with Crippen LogP contribution in [-0.4, -0.2) is 30.7 Å². The van der Waals surface area contributed by atoms with Crippen molar-refractivity contribution in [3.63, 3.8) is 0 Å². The van der Waals surface area contributed by atoms with Gasteiger partial charge in [-0.2, -0.15) is 0 Å². The number of aliphatic hydroxyl groups excluding tert-OH is 1. The molecule has 0 saturated heterocycles. The first kappa shape index (κ1) is 17.5. The number of hydrogen-bond acceptors (Lipinski definition) is 3. The maximum absolute atomic E-state index is 13.5. The van der Waals surface area contributed by atoms with Crippen LogP contribution >= 0.6 is 0 Å². The molecule has 134 valence electrons. The van der Waals surface area contributed by atoms with Crippen LogP contribution < -0.4 is 10.6 Å². The van der Waals surface area contributed by atoms with Gasteiger partial charge < -0.3 is 20.2 Å². The average molecular weight is 345 g/mol. The molecule has 3 rings (SSSR count). The molecule has 5 nitrogen and oxygen atoms in total. The van der Waals surface area contributed by atoms with Gasteiger partial charge in [0.05, 0.1) is 19.4 Å². The molecule has 1 aliphatic rings. The molecule has 6 heteroatoms. The van der Waals surface area contributed by atoms with Crippen molar-refractivity contribution in [2.45, 2.75) is 31.3 Å². The predicted octanol–water partition coefficient (Wildman–Crippen LogP) is 2.74. The molecule has 3 N–H and O–H groups in total. The Bertz CT molecular complexity index is 711. The molecular weight excluding hydrogens is 321 g/mol. The number of nitrogens with zero attached hydrogens (tertiary/aromatic N) is 1. The lowest BCUT2D eigenvalue weighted by molar-refractivity contribution is 0.153. The van der Waals surface area contributed by atoms with E-state index in [1.807, 2.05) is 13.0 Å². The number of aliphatic imine (C=N–C) groups is 1. The standard InChI is InChI=1S/C19H24FN3O2/c1-2-21-18(22-12-16(24)17-7-4-10-25-17)23-13-19(8-9-19)14-5-3-6-15(20)11-14/h3-7,10-11,16,24H,2,8-9,12-13H2,1H3,(H2,21,22,23). The molecule has 0 spiro atoms. The molecule has 1 atom stereocenters. The zero-order valence-corrected chi connectivity index (χ0v) is 14.3. The van der Waals surface area contributed by atoms with Crippen molar-refractivity contribution >= 4 is 5.96 Å². The highest BCUT2D eigenvalue weighted by Gasteiger charge is 2.44. The Labute approximate surface area is 147 Å².